The van der Waals surface area contributed by atoms with Crippen LogP contribution in [0, 0.1) is 0 Å². The molecular weight excluding hydrogens is 290 g/mol. The van der Waals surface area contributed by atoms with Crippen LogP contribution >= 0.6 is 0 Å². The summed E-state index contributed by atoms with van der Waals surface area (Å²) in [5.74, 6) is 0.0500. The molecule has 0 unspecified atom stereocenters. The quantitative estimate of drug-likeness (QED) is 0.803. The lowest BCUT2D eigenvalue weighted by Gasteiger charge is -2.35. The highest BCUT2D eigenvalue weighted by Gasteiger charge is 2.49. The molecule has 1 aromatic rings. The molecule has 0 radical (unpaired) electrons. The Kier molecular flexibility index (Phi) is 3.81. The number of imide groups is 1. The summed E-state index contributed by atoms with van der Waals surface area (Å²) in [5.41, 5.74) is 1.32. The van der Waals surface area contributed by atoms with Crippen LogP contribution in [0.25, 0.3) is 0 Å². The summed E-state index contributed by atoms with van der Waals surface area (Å²) in [6, 6.07) is 10.3. The monoisotopic (exact) mass is 313 g/mol. The van der Waals surface area contributed by atoms with Crippen molar-refractivity contribution in [3.8, 4) is 0 Å². The average molecular weight is 313 g/mol. The lowest BCUT2D eigenvalue weighted by atomic mass is 10.0. The van der Waals surface area contributed by atoms with Gasteiger partial charge in [-0.2, -0.15) is 0 Å². The maximum absolute atomic E-state index is 12.5. The molecule has 3 aliphatic rings. The number of nitrogens with zero attached hydrogens (tertiary/aromatic N) is 3. The van der Waals surface area contributed by atoms with Crippen molar-refractivity contribution in [2.24, 2.45) is 0 Å². The zero-order valence-electron chi connectivity index (χ0n) is 13.4. The van der Waals surface area contributed by atoms with Crippen LogP contribution in [0.15, 0.2) is 30.3 Å². The van der Waals surface area contributed by atoms with Crippen LogP contribution in [-0.2, 0) is 11.3 Å². The van der Waals surface area contributed by atoms with E-state index < -0.39 is 0 Å². The van der Waals surface area contributed by atoms with E-state index in [-0.39, 0.29) is 24.0 Å². The lowest BCUT2D eigenvalue weighted by molar-refractivity contribution is -0.130. The number of likely N-dealkylation sites (tertiary alicyclic amines) is 1. The average Bonchev–Trinajstić information content (AvgIpc) is 3.14. The highest BCUT2D eigenvalue weighted by atomic mass is 16.2. The van der Waals surface area contributed by atoms with Gasteiger partial charge in [-0.15, -0.1) is 0 Å². The predicted octanol–water partition coefficient (Wildman–Crippen LogP) is 2.08. The van der Waals surface area contributed by atoms with Crippen molar-refractivity contribution in [2.75, 3.05) is 19.6 Å². The van der Waals surface area contributed by atoms with E-state index in [1.54, 1.807) is 9.80 Å². The SMILES string of the molecule is O=C1[C@@H]2CCCN2C(=O)N1C1CCN(Cc2ccccc2)CC1. The summed E-state index contributed by atoms with van der Waals surface area (Å²) in [6.45, 7) is 3.59. The fourth-order valence-corrected chi connectivity index (χ4v) is 4.16. The Bertz CT molecular complexity index is 574. The van der Waals surface area contributed by atoms with Gasteiger partial charge in [0.1, 0.15) is 6.04 Å². The van der Waals surface area contributed by atoms with E-state index in [9.17, 15) is 9.59 Å². The summed E-state index contributed by atoms with van der Waals surface area (Å²) in [6.07, 6.45) is 3.59. The molecule has 3 fully saturated rings. The summed E-state index contributed by atoms with van der Waals surface area (Å²) in [5, 5.41) is 0. The first-order valence-electron chi connectivity index (χ1n) is 8.64. The third-order valence-corrected chi connectivity index (χ3v) is 5.40. The molecule has 5 nitrogen and oxygen atoms in total. The van der Waals surface area contributed by atoms with Gasteiger partial charge in [-0.05, 0) is 31.2 Å². The van der Waals surface area contributed by atoms with Crippen LogP contribution in [0.5, 0.6) is 0 Å². The first-order valence-corrected chi connectivity index (χ1v) is 8.64. The number of urea groups is 1. The summed E-state index contributed by atoms with van der Waals surface area (Å²) >= 11 is 0. The van der Waals surface area contributed by atoms with Gasteiger partial charge >= 0.3 is 6.03 Å². The molecule has 0 saturated carbocycles. The molecule has 122 valence electrons. The van der Waals surface area contributed by atoms with Gasteiger partial charge in [0.15, 0.2) is 0 Å². The molecule has 0 aliphatic carbocycles. The van der Waals surface area contributed by atoms with Gasteiger partial charge in [0.2, 0.25) is 0 Å². The molecule has 0 spiro atoms. The molecule has 3 heterocycles. The van der Waals surface area contributed by atoms with Crippen molar-refractivity contribution >= 4 is 11.9 Å². The maximum Gasteiger partial charge on any atom is 0.327 e. The van der Waals surface area contributed by atoms with E-state index in [0.717, 1.165) is 51.9 Å². The molecule has 1 aromatic carbocycles. The number of piperidine rings is 1. The van der Waals surface area contributed by atoms with E-state index in [2.05, 4.69) is 29.2 Å². The Morgan fingerprint density at radius 2 is 1.70 bits per heavy atom. The maximum atomic E-state index is 12.5. The minimum Gasteiger partial charge on any atom is -0.312 e. The van der Waals surface area contributed by atoms with Crippen molar-refractivity contribution in [3.05, 3.63) is 35.9 Å². The Labute approximate surface area is 136 Å². The lowest BCUT2D eigenvalue weighted by Crippen LogP contribution is -2.48. The van der Waals surface area contributed by atoms with E-state index in [4.69, 9.17) is 0 Å². The van der Waals surface area contributed by atoms with Crippen molar-refractivity contribution in [3.63, 3.8) is 0 Å². The molecule has 0 aromatic heterocycles. The number of hydrogen-bond donors (Lipinski definition) is 0. The van der Waals surface area contributed by atoms with Gasteiger partial charge in [0, 0.05) is 32.2 Å². The number of hydrogen-bond acceptors (Lipinski definition) is 3. The molecule has 1 atom stereocenters. The largest absolute Gasteiger partial charge is 0.327 e. The van der Waals surface area contributed by atoms with Crippen LogP contribution in [0.3, 0.4) is 0 Å². The highest BCUT2D eigenvalue weighted by molar-refractivity contribution is 6.04. The van der Waals surface area contributed by atoms with Gasteiger partial charge in [0.25, 0.3) is 5.91 Å². The van der Waals surface area contributed by atoms with Crippen molar-refractivity contribution in [1.29, 1.82) is 0 Å². The highest BCUT2D eigenvalue weighted by Crippen LogP contribution is 2.31. The van der Waals surface area contributed by atoms with Crippen LogP contribution in [0.2, 0.25) is 0 Å². The molecule has 0 bridgehead atoms. The minimum atomic E-state index is -0.162. The molecule has 5 heteroatoms. The Balaban J connectivity index is 1.36. The molecule has 3 amide bonds. The third kappa shape index (κ3) is 2.63. The van der Waals surface area contributed by atoms with E-state index in [0.29, 0.717) is 0 Å². The van der Waals surface area contributed by atoms with Crippen molar-refractivity contribution < 1.29 is 9.59 Å². The zero-order valence-corrected chi connectivity index (χ0v) is 13.4. The second-order valence-corrected chi connectivity index (χ2v) is 6.84. The van der Waals surface area contributed by atoms with Crippen LogP contribution in [0.1, 0.15) is 31.2 Å². The fourth-order valence-electron chi connectivity index (χ4n) is 4.16. The number of benzene rings is 1. The zero-order chi connectivity index (χ0) is 15.8. The van der Waals surface area contributed by atoms with Crippen LogP contribution < -0.4 is 0 Å². The Hall–Kier alpha value is -1.88. The number of fused-ring (bicyclic) bond motifs is 1. The van der Waals surface area contributed by atoms with Crippen molar-refractivity contribution in [2.45, 2.75) is 44.3 Å². The first kappa shape index (κ1) is 14.7. The normalized spacial score (nSPS) is 26.2. The molecule has 3 aliphatic heterocycles. The molecule has 3 saturated heterocycles. The van der Waals surface area contributed by atoms with Gasteiger partial charge in [-0.3, -0.25) is 14.6 Å². The van der Waals surface area contributed by atoms with E-state index in [1.165, 1.54) is 5.56 Å². The Morgan fingerprint density at radius 1 is 0.957 bits per heavy atom. The summed E-state index contributed by atoms with van der Waals surface area (Å²) < 4.78 is 0. The molecule has 4 rings (SSSR count). The summed E-state index contributed by atoms with van der Waals surface area (Å²) in [4.78, 5) is 30.8. The number of rotatable bonds is 3. The smallest absolute Gasteiger partial charge is 0.312 e. The number of carbonyl (C=O) groups is 2. The van der Waals surface area contributed by atoms with Gasteiger partial charge in [0.05, 0.1) is 0 Å². The van der Waals surface area contributed by atoms with Crippen LogP contribution in [-0.4, -0.2) is 58.4 Å². The van der Waals surface area contributed by atoms with Crippen molar-refractivity contribution in [1.82, 2.24) is 14.7 Å². The fraction of sp³-hybridized carbons (Fsp3) is 0.556. The second kappa shape index (κ2) is 5.96. The summed E-state index contributed by atoms with van der Waals surface area (Å²) in [7, 11) is 0. The van der Waals surface area contributed by atoms with Gasteiger partial charge in [-0.25, -0.2) is 4.79 Å². The standard InChI is InChI=1S/C18H23N3O2/c22-17-16-7-4-10-20(16)18(23)21(17)15-8-11-19(12-9-15)13-14-5-2-1-3-6-14/h1-3,5-6,15-16H,4,7-13H2/t16-/m0/s1. The van der Waals surface area contributed by atoms with Gasteiger partial charge in [-0.1, -0.05) is 30.3 Å². The molecule has 23 heavy (non-hydrogen) atoms. The third-order valence-electron chi connectivity index (χ3n) is 5.40. The topological polar surface area (TPSA) is 43.9 Å². The predicted molar refractivity (Wildman–Crippen MR) is 86.7 cm³/mol. The number of amides is 3. The molecule has 0 N–H and O–H groups in total. The second-order valence-electron chi connectivity index (χ2n) is 6.84. The van der Waals surface area contributed by atoms with Crippen LogP contribution in [0.4, 0.5) is 4.79 Å². The first-order chi connectivity index (χ1) is 11.2. The van der Waals surface area contributed by atoms with E-state index in [1.807, 2.05) is 6.07 Å². The van der Waals surface area contributed by atoms with Gasteiger partial charge < -0.3 is 4.90 Å². The number of carbonyl (C=O) groups excluding carboxylic acids is 2. The van der Waals surface area contributed by atoms with E-state index >= 15 is 0 Å². The Morgan fingerprint density at radius 3 is 2.39 bits per heavy atom. The minimum absolute atomic E-state index is 0.0426. The molecular formula is C18H23N3O2.